The molecule has 0 radical (unpaired) electrons. The van der Waals surface area contributed by atoms with E-state index in [0.29, 0.717) is 5.69 Å². The second-order valence-corrected chi connectivity index (χ2v) is 4.19. The van der Waals surface area contributed by atoms with E-state index in [2.05, 4.69) is 4.98 Å². The molecule has 1 heterocycles. The van der Waals surface area contributed by atoms with E-state index < -0.39 is 12.0 Å². The predicted molar refractivity (Wildman–Crippen MR) is 66.6 cm³/mol. The highest BCUT2D eigenvalue weighted by Crippen LogP contribution is 1.99. The molecule has 0 saturated heterocycles. The molecule has 1 atom stereocenters. The Morgan fingerprint density at radius 1 is 1.61 bits per heavy atom. The number of aromatic nitrogens is 1. The van der Waals surface area contributed by atoms with Crippen LogP contribution in [0.4, 0.5) is 0 Å². The Hall–Kier alpha value is -1.66. The number of hydrogen-bond acceptors (Lipinski definition) is 4. The molecule has 1 amide bonds. The fraction of sp³-hybridized carbons (Fsp3) is 0.500. The van der Waals surface area contributed by atoms with Gasteiger partial charge in [0.2, 0.25) is 0 Å². The second-order valence-electron chi connectivity index (χ2n) is 4.19. The molecule has 6 nitrogen and oxygen atoms in total. The SMILES string of the molecule is COCC(O)CN(C)C(=O)c1c[nH]c(C)cc1=O. The van der Waals surface area contributed by atoms with Gasteiger partial charge in [-0.15, -0.1) is 0 Å². The third kappa shape index (κ3) is 3.68. The van der Waals surface area contributed by atoms with Crippen LogP contribution in [0.5, 0.6) is 0 Å². The smallest absolute Gasteiger partial charge is 0.259 e. The monoisotopic (exact) mass is 254 g/mol. The molecule has 0 saturated carbocycles. The molecule has 100 valence electrons. The molecule has 6 heteroatoms. The van der Waals surface area contributed by atoms with Crippen LogP contribution >= 0.6 is 0 Å². The zero-order valence-electron chi connectivity index (χ0n) is 10.8. The van der Waals surface area contributed by atoms with Crippen LogP contribution in [0.3, 0.4) is 0 Å². The Kier molecular flexibility index (Phi) is 5.06. The Morgan fingerprint density at radius 2 is 2.28 bits per heavy atom. The van der Waals surface area contributed by atoms with Crippen LogP contribution in [-0.4, -0.2) is 54.3 Å². The van der Waals surface area contributed by atoms with Gasteiger partial charge in [-0.1, -0.05) is 0 Å². The van der Waals surface area contributed by atoms with Crippen molar-refractivity contribution in [2.75, 3.05) is 27.3 Å². The number of H-pyrrole nitrogens is 1. The summed E-state index contributed by atoms with van der Waals surface area (Å²) in [4.78, 5) is 27.7. The van der Waals surface area contributed by atoms with Crippen LogP contribution < -0.4 is 5.43 Å². The van der Waals surface area contributed by atoms with E-state index in [4.69, 9.17) is 4.74 Å². The number of hydrogen-bond donors (Lipinski definition) is 2. The van der Waals surface area contributed by atoms with Gasteiger partial charge in [-0.25, -0.2) is 0 Å². The molecule has 0 bridgehead atoms. The number of aliphatic hydroxyl groups excluding tert-OH is 1. The van der Waals surface area contributed by atoms with Crippen LogP contribution in [0, 0.1) is 6.92 Å². The Morgan fingerprint density at radius 3 is 2.83 bits per heavy atom. The maximum atomic E-state index is 12.0. The van der Waals surface area contributed by atoms with Crippen molar-refractivity contribution < 1.29 is 14.6 Å². The third-order valence-corrected chi connectivity index (χ3v) is 2.48. The summed E-state index contributed by atoms with van der Waals surface area (Å²) < 4.78 is 4.77. The number of nitrogens with one attached hydrogen (secondary N) is 1. The number of carbonyl (C=O) groups is 1. The molecule has 2 N–H and O–H groups in total. The molecule has 1 aromatic heterocycles. The molecule has 1 rings (SSSR count). The highest BCUT2D eigenvalue weighted by molar-refractivity contribution is 5.93. The minimum absolute atomic E-state index is 0.0627. The van der Waals surface area contributed by atoms with Crippen molar-refractivity contribution in [3.63, 3.8) is 0 Å². The lowest BCUT2D eigenvalue weighted by atomic mass is 10.2. The van der Waals surface area contributed by atoms with Crippen LogP contribution in [0.25, 0.3) is 0 Å². The molecule has 18 heavy (non-hydrogen) atoms. The summed E-state index contributed by atoms with van der Waals surface area (Å²) in [6, 6.07) is 1.37. The molecule has 0 aliphatic rings. The van der Waals surface area contributed by atoms with E-state index in [-0.39, 0.29) is 24.1 Å². The van der Waals surface area contributed by atoms with Crippen molar-refractivity contribution in [2.24, 2.45) is 0 Å². The molecule has 0 aromatic carbocycles. The fourth-order valence-corrected chi connectivity index (χ4v) is 1.59. The number of aromatic amines is 1. The van der Waals surface area contributed by atoms with Gasteiger partial charge in [-0.05, 0) is 6.92 Å². The van der Waals surface area contributed by atoms with Crippen molar-refractivity contribution >= 4 is 5.91 Å². The first-order chi connectivity index (χ1) is 8.45. The van der Waals surface area contributed by atoms with Gasteiger partial charge in [0.05, 0.1) is 12.7 Å². The summed E-state index contributed by atoms with van der Waals surface area (Å²) in [5, 5.41) is 9.52. The van der Waals surface area contributed by atoms with Gasteiger partial charge < -0.3 is 19.7 Å². The molecule has 1 aromatic rings. The second kappa shape index (κ2) is 6.32. The fourth-order valence-electron chi connectivity index (χ4n) is 1.59. The first-order valence-electron chi connectivity index (χ1n) is 5.57. The van der Waals surface area contributed by atoms with Gasteiger partial charge >= 0.3 is 0 Å². The maximum absolute atomic E-state index is 12.0. The zero-order valence-corrected chi connectivity index (χ0v) is 10.8. The quantitative estimate of drug-likeness (QED) is 0.760. The van der Waals surface area contributed by atoms with Gasteiger partial charge in [0, 0.05) is 38.7 Å². The van der Waals surface area contributed by atoms with E-state index in [1.54, 1.807) is 6.92 Å². The molecule has 0 spiro atoms. The number of nitrogens with zero attached hydrogens (tertiary/aromatic N) is 1. The predicted octanol–water partition coefficient (Wildman–Crippen LogP) is -0.237. The summed E-state index contributed by atoms with van der Waals surface area (Å²) in [5.41, 5.74) is 0.427. The number of aryl methyl sites for hydroxylation is 1. The molecular weight excluding hydrogens is 236 g/mol. The standard InChI is InChI=1S/C12H18N2O4/c1-8-4-11(16)10(5-13-8)12(17)14(2)6-9(15)7-18-3/h4-5,9,15H,6-7H2,1-3H3,(H,13,16). The van der Waals surface area contributed by atoms with Crippen molar-refractivity contribution in [1.29, 1.82) is 0 Å². The Labute approximate surface area is 105 Å². The molecule has 0 fully saturated rings. The van der Waals surface area contributed by atoms with Gasteiger partial charge in [-0.3, -0.25) is 9.59 Å². The van der Waals surface area contributed by atoms with E-state index in [0.717, 1.165) is 0 Å². The third-order valence-electron chi connectivity index (χ3n) is 2.48. The minimum Gasteiger partial charge on any atom is -0.389 e. The normalized spacial score (nSPS) is 12.2. The summed E-state index contributed by atoms with van der Waals surface area (Å²) in [7, 11) is 3.00. The molecule has 0 aliphatic heterocycles. The zero-order chi connectivity index (χ0) is 13.7. The summed E-state index contributed by atoms with van der Waals surface area (Å²) >= 11 is 0. The highest BCUT2D eigenvalue weighted by atomic mass is 16.5. The average molecular weight is 254 g/mol. The number of likely N-dealkylation sites (N-methyl/N-ethyl adjacent to an activating group) is 1. The number of aliphatic hydroxyl groups is 1. The Balaban J connectivity index is 2.77. The van der Waals surface area contributed by atoms with Crippen LogP contribution in [0.2, 0.25) is 0 Å². The van der Waals surface area contributed by atoms with E-state index in [9.17, 15) is 14.7 Å². The lowest BCUT2D eigenvalue weighted by Gasteiger charge is -2.20. The van der Waals surface area contributed by atoms with Crippen LogP contribution in [0.15, 0.2) is 17.1 Å². The Bertz CT molecular complexity index is 469. The number of carbonyl (C=O) groups excluding carboxylic acids is 1. The summed E-state index contributed by atoms with van der Waals surface area (Å²) in [6.07, 6.45) is 0.618. The summed E-state index contributed by atoms with van der Waals surface area (Å²) in [6.45, 7) is 1.99. The number of methoxy groups -OCH3 is 1. The number of amides is 1. The van der Waals surface area contributed by atoms with Crippen molar-refractivity contribution in [2.45, 2.75) is 13.0 Å². The number of rotatable bonds is 5. The van der Waals surface area contributed by atoms with Crippen molar-refractivity contribution in [3.05, 3.63) is 33.7 Å². The molecule has 1 unspecified atom stereocenters. The minimum atomic E-state index is -0.770. The largest absolute Gasteiger partial charge is 0.389 e. The van der Waals surface area contributed by atoms with Crippen molar-refractivity contribution in [1.82, 2.24) is 9.88 Å². The molecule has 0 aliphatic carbocycles. The van der Waals surface area contributed by atoms with E-state index in [1.807, 2.05) is 0 Å². The number of pyridine rings is 1. The van der Waals surface area contributed by atoms with Crippen molar-refractivity contribution in [3.8, 4) is 0 Å². The highest BCUT2D eigenvalue weighted by Gasteiger charge is 2.17. The van der Waals surface area contributed by atoms with Gasteiger partial charge in [-0.2, -0.15) is 0 Å². The van der Waals surface area contributed by atoms with Gasteiger partial charge in [0.1, 0.15) is 5.56 Å². The molecular formula is C12H18N2O4. The van der Waals surface area contributed by atoms with Crippen LogP contribution in [-0.2, 0) is 4.74 Å². The summed E-state index contributed by atoms with van der Waals surface area (Å²) in [5.74, 6) is -0.425. The topological polar surface area (TPSA) is 82.6 Å². The van der Waals surface area contributed by atoms with Gasteiger partial charge in [0.15, 0.2) is 5.43 Å². The van der Waals surface area contributed by atoms with E-state index >= 15 is 0 Å². The van der Waals surface area contributed by atoms with Gasteiger partial charge in [0.25, 0.3) is 5.91 Å². The van der Waals surface area contributed by atoms with Crippen LogP contribution in [0.1, 0.15) is 16.1 Å². The average Bonchev–Trinajstić information content (AvgIpc) is 2.28. The lowest BCUT2D eigenvalue weighted by molar-refractivity contribution is 0.0379. The van der Waals surface area contributed by atoms with E-state index in [1.165, 1.54) is 31.3 Å². The number of ether oxygens (including phenoxy) is 1. The lowest BCUT2D eigenvalue weighted by Crippen LogP contribution is -2.38. The first-order valence-corrected chi connectivity index (χ1v) is 5.57. The first kappa shape index (κ1) is 14.4. The maximum Gasteiger partial charge on any atom is 0.259 e.